The van der Waals surface area contributed by atoms with Gasteiger partial charge in [-0.15, -0.1) is 0 Å². The number of carbonyl (C=O) groups excluding carboxylic acids is 1. The van der Waals surface area contributed by atoms with Crippen molar-refractivity contribution in [2.24, 2.45) is 0 Å². The number of rotatable bonds is 4. The molecule has 8 heteroatoms. The van der Waals surface area contributed by atoms with Gasteiger partial charge in [-0.25, -0.2) is 4.98 Å². The van der Waals surface area contributed by atoms with Crippen molar-refractivity contribution in [1.29, 1.82) is 0 Å². The number of benzene rings is 2. The molecule has 0 saturated heterocycles. The first kappa shape index (κ1) is 19.7. The van der Waals surface area contributed by atoms with Crippen LogP contribution >= 0.6 is 23.2 Å². The Morgan fingerprint density at radius 3 is 2.83 bits per heavy atom. The smallest absolute Gasteiger partial charge is 0.262 e. The number of amides is 1. The molecular formula is C21H19Cl2N3O3. The summed E-state index contributed by atoms with van der Waals surface area (Å²) in [6.45, 7) is 0.469. The summed E-state index contributed by atoms with van der Waals surface area (Å²) in [5.74, 6) is 0.905. The lowest BCUT2D eigenvalue weighted by Gasteiger charge is -2.12. The van der Waals surface area contributed by atoms with Crippen LogP contribution in [0.15, 0.2) is 41.2 Å². The van der Waals surface area contributed by atoms with Gasteiger partial charge >= 0.3 is 0 Å². The van der Waals surface area contributed by atoms with Crippen molar-refractivity contribution in [3.05, 3.63) is 62.6 Å². The normalized spacial score (nSPS) is 13.6. The average molecular weight is 432 g/mol. The van der Waals surface area contributed by atoms with Crippen LogP contribution in [0.2, 0.25) is 10.0 Å². The Morgan fingerprint density at radius 2 is 2.00 bits per heavy atom. The summed E-state index contributed by atoms with van der Waals surface area (Å²) in [5.41, 5.74) is 1.04. The number of anilines is 1. The summed E-state index contributed by atoms with van der Waals surface area (Å²) in [6, 6.07) is 9.92. The number of aryl methyl sites for hydroxylation is 1. The number of carbonyl (C=O) groups is 1. The highest BCUT2D eigenvalue weighted by Gasteiger charge is 2.14. The van der Waals surface area contributed by atoms with Crippen LogP contribution < -0.4 is 15.6 Å². The van der Waals surface area contributed by atoms with Gasteiger partial charge in [0.25, 0.3) is 11.5 Å². The van der Waals surface area contributed by atoms with Crippen molar-refractivity contribution in [2.45, 2.75) is 32.2 Å². The molecule has 29 heavy (non-hydrogen) atoms. The SMILES string of the molecule is O=C(COc1ccc2nc3n(c(=O)c2c1)CCCCC3)Nc1ccc(Cl)cc1Cl. The fraction of sp³-hybridized carbons (Fsp3) is 0.286. The zero-order chi connectivity index (χ0) is 20.4. The summed E-state index contributed by atoms with van der Waals surface area (Å²) in [4.78, 5) is 29.7. The molecule has 1 amide bonds. The molecule has 1 N–H and O–H groups in total. The Balaban J connectivity index is 1.50. The predicted molar refractivity (Wildman–Crippen MR) is 114 cm³/mol. The highest BCUT2D eigenvalue weighted by molar-refractivity contribution is 6.36. The molecular weight excluding hydrogens is 413 g/mol. The number of hydrogen-bond donors (Lipinski definition) is 1. The van der Waals surface area contributed by atoms with Crippen LogP contribution in [0, 0.1) is 0 Å². The molecule has 1 aliphatic heterocycles. The van der Waals surface area contributed by atoms with Gasteiger partial charge in [-0.05, 0) is 49.2 Å². The van der Waals surface area contributed by atoms with Crippen molar-refractivity contribution < 1.29 is 9.53 Å². The molecule has 0 fully saturated rings. The number of ether oxygens (including phenoxy) is 1. The molecule has 150 valence electrons. The molecule has 1 aliphatic rings. The lowest BCUT2D eigenvalue weighted by Crippen LogP contribution is -2.24. The standard InChI is InChI=1S/C21H19Cl2N3O3/c22-13-5-7-18(16(23)10-13)25-20(27)12-29-14-6-8-17-15(11-14)21(28)26-9-3-1-2-4-19(26)24-17/h5-8,10-11H,1-4,9,12H2,(H,25,27). The van der Waals surface area contributed by atoms with E-state index in [9.17, 15) is 9.59 Å². The largest absolute Gasteiger partial charge is 0.484 e. The molecule has 0 aliphatic carbocycles. The molecule has 1 aromatic heterocycles. The fourth-order valence-electron chi connectivity index (χ4n) is 3.41. The first-order valence-electron chi connectivity index (χ1n) is 9.42. The van der Waals surface area contributed by atoms with Crippen LogP contribution in [0.1, 0.15) is 25.1 Å². The van der Waals surface area contributed by atoms with Crippen LogP contribution in [0.25, 0.3) is 10.9 Å². The van der Waals surface area contributed by atoms with Gasteiger partial charge in [0.15, 0.2) is 6.61 Å². The van der Waals surface area contributed by atoms with E-state index >= 15 is 0 Å². The second-order valence-electron chi connectivity index (χ2n) is 6.94. The number of aromatic nitrogens is 2. The third kappa shape index (κ3) is 4.38. The Bertz CT molecular complexity index is 1140. The predicted octanol–water partition coefficient (Wildman–Crippen LogP) is 4.45. The lowest BCUT2D eigenvalue weighted by atomic mass is 10.2. The van der Waals surface area contributed by atoms with Gasteiger partial charge in [-0.3, -0.25) is 14.2 Å². The third-order valence-corrected chi connectivity index (χ3v) is 5.41. The number of hydrogen-bond acceptors (Lipinski definition) is 4. The highest BCUT2D eigenvalue weighted by atomic mass is 35.5. The van der Waals surface area contributed by atoms with E-state index in [1.807, 2.05) is 0 Å². The quantitative estimate of drug-likeness (QED) is 0.662. The molecule has 0 saturated carbocycles. The van der Waals surface area contributed by atoms with Gasteiger partial charge in [-0.2, -0.15) is 0 Å². The zero-order valence-electron chi connectivity index (χ0n) is 15.6. The first-order valence-corrected chi connectivity index (χ1v) is 10.2. The summed E-state index contributed by atoms with van der Waals surface area (Å²) in [7, 11) is 0. The van der Waals surface area contributed by atoms with Crippen LogP contribution in [0.5, 0.6) is 5.75 Å². The van der Waals surface area contributed by atoms with E-state index in [0.29, 0.717) is 38.9 Å². The zero-order valence-corrected chi connectivity index (χ0v) is 17.1. The Morgan fingerprint density at radius 1 is 1.14 bits per heavy atom. The molecule has 0 unspecified atom stereocenters. The molecule has 2 aromatic carbocycles. The Labute approximate surface area is 177 Å². The first-order chi connectivity index (χ1) is 14.0. The molecule has 0 bridgehead atoms. The van der Waals surface area contributed by atoms with E-state index in [1.54, 1.807) is 41.0 Å². The van der Waals surface area contributed by atoms with Gasteiger partial charge in [0.2, 0.25) is 0 Å². The van der Waals surface area contributed by atoms with E-state index in [4.69, 9.17) is 27.9 Å². The minimum Gasteiger partial charge on any atom is -0.484 e. The maximum Gasteiger partial charge on any atom is 0.262 e. The number of halogens is 2. The molecule has 0 spiro atoms. The van der Waals surface area contributed by atoms with Crippen LogP contribution in [-0.4, -0.2) is 22.1 Å². The van der Waals surface area contributed by atoms with E-state index < -0.39 is 0 Å². The van der Waals surface area contributed by atoms with E-state index in [2.05, 4.69) is 10.3 Å². The van der Waals surface area contributed by atoms with E-state index in [1.165, 1.54) is 0 Å². The maximum absolute atomic E-state index is 12.9. The van der Waals surface area contributed by atoms with Gasteiger partial charge < -0.3 is 10.1 Å². The van der Waals surface area contributed by atoms with Gasteiger partial charge in [0.1, 0.15) is 11.6 Å². The van der Waals surface area contributed by atoms with Gasteiger partial charge in [-0.1, -0.05) is 29.6 Å². The Kier molecular flexibility index (Phi) is 5.74. The Hall–Kier alpha value is -2.57. The minimum absolute atomic E-state index is 0.0604. The summed E-state index contributed by atoms with van der Waals surface area (Å²) in [5, 5.41) is 3.99. The average Bonchev–Trinajstić information content (AvgIpc) is 2.95. The van der Waals surface area contributed by atoms with Gasteiger partial charge in [0.05, 0.1) is 21.6 Å². The summed E-state index contributed by atoms with van der Waals surface area (Å²) >= 11 is 11.9. The molecule has 2 heterocycles. The second-order valence-corrected chi connectivity index (χ2v) is 7.78. The summed E-state index contributed by atoms with van der Waals surface area (Å²) in [6.07, 6.45) is 3.94. The van der Waals surface area contributed by atoms with Crippen molar-refractivity contribution in [2.75, 3.05) is 11.9 Å². The molecule has 4 rings (SSSR count). The van der Waals surface area contributed by atoms with Gasteiger partial charge in [0, 0.05) is 18.0 Å². The third-order valence-electron chi connectivity index (χ3n) is 4.86. The topological polar surface area (TPSA) is 73.2 Å². The number of nitrogens with one attached hydrogen (secondary N) is 1. The van der Waals surface area contributed by atoms with Crippen molar-refractivity contribution in [1.82, 2.24) is 9.55 Å². The molecule has 0 radical (unpaired) electrons. The van der Waals surface area contributed by atoms with Crippen molar-refractivity contribution >= 4 is 45.7 Å². The summed E-state index contributed by atoms with van der Waals surface area (Å²) < 4.78 is 7.34. The maximum atomic E-state index is 12.9. The monoisotopic (exact) mass is 431 g/mol. The molecule has 0 atom stereocenters. The van der Waals surface area contributed by atoms with Crippen LogP contribution in [0.3, 0.4) is 0 Å². The highest BCUT2D eigenvalue weighted by Crippen LogP contribution is 2.25. The molecule has 6 nitrogen and oxygen atoms in total. The molecule has 3 aromatic rings. The van der Waals surface area contributed by atoms with E-state index in [-0.39, 0.29) is 18.1 Å². The fourth-order valence-corrected chi connectivity index (χ4v) is 3.87. The lowest BCUT2D eigenvalue weighted by molar-refractivity contribution is -0.118. The number of fused-ring (bicyclic) bond motifs is 2. The van der Waals surface area contributed by atoms with Crippen LogP contribution in [0.4, 0.5) is 5.69 Å². The number of nitrogens with zero attached hydrogens (tertiary/aromatic N) is 2. The minimum atomic E-state index is -0.369. The second kappa shape index (κ2) is 8.43. The van der Waals surface area contributed by atoms with Crippen LogP contribution in [-0.2, 0) is 17.8 Å². The van der Waals surface area contributed by atoms with E-state index in [0.717, 1.165) is 31.5 Å². The van der Waals surface area contributed by atoms with Crippen molar-refractivity contribution in [3.8, 4) is 5.75 Å². The van der Waals surface area contributed by atoms with Crippen molar-refractivity contribution in [3.63, 3.8) is 0 Å².